The fraction of sp³-hybridized carbons (Fsp3) is 0.375. The molecule has 1 aromatic heterocycles. The standard InChI is InChI=1S/C16H18FN3O2/c17-13-6-4-12(5-7-13)15-14(11-2-1-3-11)16(18-10-22)19-20(15)8-9-21/h4-7,10-11,21H,1-3,8-9H2,(H,18,19,22). The molecule has 1 fully saturated rings. The van der Waals surface area contributed by atoms with Crippen molar-refractivity contribution in [2.45, 2.75) is 31.7 Å². The normalized spacial score (nSPS) is 14.6. The fourth-order valence-electron chi connectivity index (χ4n) is 2.89. The monoisotopic (exact) mass is 303 g/mol. The van der Waals surface area contributed by atoms with Gasteiger partial charge in [0.15, 0.2) is 5.82 Å². The summed E-state index contributed by atoms with van der Waals surface area (Å²) in [5, 5.41) is 16.3. The average Bonchev–Trinajstić information content (AvgIpc) is 2.78. The van der Waals surface area contributed by atoms with Crippen LogP contribution < -0.4 is 5.32 Å². The number of halogens is 1. The molecule has 1 aromatic carbocycles. The number of aliphatic hydroxyl groups is 1. The van der Waals surface area contributed by atoms with E-state index in [1.807, 2.05) is 0 Å². The van der Waals surface area contributed by atoms with Crippen LogP contribution in [0.4, 0.5) is 10.2 Å². The van der Waals surface area contributed by atoms with Crippen LogP contribution in [0.5, 0.6) is 0 Å². The highest BCUT2D eigenvalue weighted by Gasteiger charge is 2.30. The highest BCUT2D eigenvalue weighted by atomic mass is 19.1. The summed E-state index contributed by atoms with van der Waals surface area (Å²) in [5.74, 6) is 0.579. The van der Waals surface area contributed by atoms with E-state index in [9.17, 15) is 14.3 Å². The summed E-state index contributed by atoms with van der Waals surface area (Å²) in [7, 11) is 0. The van der Waals surface area contributed by atoms with Crippen LogP contribution in [0.1, 0.15) is 30.7 Å². The number of nitrogens with one attached hydrogen (secondary N) is 1. The van der Waals surface area contributed by atoms with Gasteiger partial charge in [0.1, 0.15) is 5.82 Å². The Balaban J connectivity index is 2.14. The topological polar surface area (TPSA) is 67.2 Å². The second kappa shape index (κ2) is 6.27. The Morgan fingerprint density at radius 2 is 2.09 bits per heavy atom. The lowest BCUT2D eigenvalue weighted by Gasteiger charge is -2.26. The number of benzene rings is 1. The van der Waals surface area contributed by atoms with E-state index in [2.05, 4.69) is 10.4 Å². The largest absolute Gasteiger partial charge is 0.394 e. The van der Waals surface area contributed by atoms with E-state index < -0.39 is 0 Å². The lowest BCUT2D eigenvalue weighted by atomic mass is 9.79. The summed E-state index contributed by atoms with van der Waals surface area (Å²) in [4.78, 5) is 10.9. The fourth-order valence-corrected chi connectivity index (χ4v) is 2.89. The number of aliphatic hydroxyl groups excluding tert-OH is 1. The van der Waals surface area contributed by atoms with E-state index >= 15 is 0 Å². The Bertz CT molecular complexity index is 663. The summed E-state index contributed by atoms with van der Waals surface area (Å²) in [6.45, 7) is 0.271. The summed E-state index contributed by atoms with van der Waals surface area (Å²) < 4.78 is 14.9. The molecule has 22 heavy (non-hydrogen) atoms. The van der Waals surface area contributed by atoms with Crippen molar-refractivity contribution in [2.24, 2.45) is 0 Å². The van der Waals surface area contributed by atoms with Crippen molar-refractivity contribution in [1.82, 2.24) is 9.78 Å². The zero-order chi connectivity index (χ0) is 15.5. The minimum absolute atomic E-state index is 0.0550. The number of hydrogen-bond donors (Lipinski definition) is 2. The van der Waals surface area contributed by atoms with Crippen LogP contribution in [0.15, 0.2) is 24.3 Å². The van der Waals surface area contributed by atoms with Gasteiger partial charge < -0.3 is 10.4 Å². The van der Waals surface area contributed by atoms with E-state index in [1.165, 1.54) is 12.1 Å². The molecule has 0 aliphatic heterocycles. The first-order chi connectivity index (χ1) is 10.7. The van der Waals surface area contributed by atoms with E-state index in [4.69, 9.17) is 0 Å². The Kier molecular flexibility index (Phi) is 4.20. The van der Waals surface area contributed by atoms with Gasteiger partial charge in [-0.15, -0.1) is 0 Å². The van der Waals surface area contributed by atoms with Crippen molar-refractivity contribution >= 4 is 12.2 Å². The first-order valence-corrected chi connectivity index (χ1v) is 7.42. The van der Waals surface area contributed by atoms with Crippen molar-refractivity contribution in [3.8, 4) is 11.3 Å². The van der Waals surface area contributed by atoms with Gasteiger partial charge >= 0.3 is 0 Å². The van der Waals surface area contributed by atoms with Crippen LogP contribution >= 0.6 is 0 Å². The molecule has 0 radical (unpaired) electrons. The van der Waals surface area contributed by atoms with Crippen molar-refractivity contribution in [2.75, 3.05) is 11.9 Å². The van der Waals surface area contributed by atoms with E-state index in [-0.39, 0.29) is 12.4 Å². The third-order valence-corrected chi connectivity index (χ3v) is 4.13. The zero-order valence-electron chi connectivity index (χ0n) is 12.1. The number of hydrogen-bond acceptors (Lipinski definition) is 3. The number of carbonyl (C=O) groups excluding carboxylic acids is 1. The van der Waals surface area contributed by atoms with Crippen LogP contribution in [0, 0.1) is 5.82 Å². The molecular weight excluding hydrogens is 285 g/mol. The molecule has 6 heteroatoms. The highest BCUT2D eigenvalue weighted by Crippen LogP contribution is 2.44. The molecule has 1 aliphatic rings. The predicted molar refractivity (Wildman–Crippen MR) is 81.0 cm³/mol. The van der Waals surface area contributed by atoms with Gasteiger partial charge in [0.25, 0.3) is 0 Å². The molecule has 0 unspecified atom stereocenters. The number of nitrogens with zero attached hydrogens (tertiary/aromatic N) is 2. The second-order valence-corrected chi connectivity index (χ2v) is 5.45. The molecule has 0 atom stereocenters. The molecule has 2 aromatic rings. The summed E-state index contributed by atoms with van der Waals surface area (Å²) in [6.07, 6.45) is 3.86. The Morgan fingerprint density at radius 1 is 1.36 bits per heavy atom. The summed E-state index contributed by atoms with van der Waals surface area (Å²) in [5.41, 5.74) is 2.67. The average molecular weight is 303 g/mol. The maximum Gasteiger partial charge on any atom is 0.212 e. The van der Waals surface area contributed by atoms with Gasteiger partial charge in [-0.25, -0.2) is 4.39 Å². The summed E-state index contributed by atoms with van der Waals surface area (Å²) >= 11 is 0. The minimum Gasteiger partial charge on any atom is -0.394 e. The molecular formula is C16H18FN3O2. The summed E-state index contributed by atoms with van der Waals surface area (Å²) in [6, 6.07) is 6.21. The number of amides is 1. The number of aromatic nitrogens is 2. The van der Waals surface area contributed by atoms with Gasteiger partial charge in [-0.05, 0) is 43.0 Å². The highest BCUT2D eigenvalue weighted by molar-refractivity contribution is 5.78. The van der Waals surface area contributed by atoms with Gasteiger partial charge in [-0.2, -0.15) is 5.10 Å². The van der Waals surface area contributed by atoms with Crippen molar-refractivity contribution < 1.29 is 14.3 Å². The van der Waals surface area contributed by atoms with Crippen LogP contribution in [0.25, 0.3) is 11.3 Å². The SMILES string of the molecule is O=CNc1nn(CCO)c(-c2ccc(F)cc2)c1C1CCC1. The predicted octanol–water partition coefficient (Wildman–Crippen LogP) is 2.52. The van der Waals surface area contributed by atoms with Crippen LogP contribution in [0.3, 0.4) is 0 Å². The zero-order valence-corrected chi connectivity index (χ0v) is 12.1. The molecule has 1 heterocycles. The van der Waals surface area contributed by atoms with Crippen molar-refractivity contribution in [3.63, 3.8) is 0 Å². The lowest BCUT2D eigenvalue weighted by Crippen LogP contribution is -2.12. The maximum atomic E-state index is 13.2. The van der Waals surface area contributed by atoms with Crippen LogP contribution in [-0.2, 0) is 11.3 Å². The number of carbonyl (C=O) groups is 1. The molecule has 0 saturated heterocycles. The second-order valence-electron chi connectivity index (χ2n) is 5.45. The smallest absolute Gasteiger partial charge is 0.212 e. The molecule has 1 saturated carbocycles. The first kappa shape index (κ1) is 14.7. The van der Waals surface area contributed by atoms with Gasteiger partial charge in [0, 0.05) is 11.1 Å². The molecule has 5 nitrogen and oxygen atoms in total. The molecule has 2 N–H and O–H groups in total. The van der Waals surface area contributed by atoms with Gasteiger partial charge in [-0.3, -0.25) is 9.48 Å². The van der Waals surface area contributed by atoms with Crippen molar-refractivity contribution in [1.29, 1.82) is 0 Å². The molecule has 1 amide bonds. The van der Waals surface area contributed by atoms with Gasteiger partial charge in [0.2, 0.25) is 6.41 Å². The number of rotatable bonds is 6. The Hall–Kier alpha value is -2.21. The molecule has 0 bridgehead atoms. The minimum atomic E-state index is -0.298. The van der Waals surface area contributed by atoms with Crippen molar-refractivity contribution in [3.05, 3.63) is 35.6 Å². The van der Waals surface area contributed by atoms with E-state index in [0.29, 0.717) is 24.7 Å². The van der Waals surface area contributed by atoms with Crippen LogP contribution in [-0.4, -0.2) is 27.9 Å². The third kappa shape index (κ3) is 2.62. The van der Waals surface area contributed by atoms with Gasteiger partial charge in [-0.1, -0.05) is 6.42 Å². The molecule has 0 spiro atoms. The van der Waals surface area contributed by atoms with E-state index in [0.717, 1.165) is 36.1 Å². The Morgan fingerprint density at radius 3 is 2.64 bits per heavy atom. The van der Waals surface area contributed by atoms with Crippen LogP contribution in [0.2, 0.25) is 0 Å². The van der Waals surface area contributed by atoms with Gasteiger partial charge in [0.05, 0.1) is 18.8 Å². The molecule has 3 rings (SSSR count). The first-order valence-electron chi connectivity index (χ1n) is 7.42. The molecule has 1 aliphatic carbocycles. The number of anilines is 1. The quantitative estimate of drug-likeness (QED) is 0.806. The van der Waals surface area contributed by atoms with E-state index in [1.54, 1.807) is 16.8 Å². The molecule has 116 valence electrons. The lowest BCUT2D eigenvalue weighted by molar-refractivity contribution is -0.105. The Labute approximate surface area is 127 Å². The third-order valence-electron chi connectivity index (χ3n) is 4.13. The maximum absolute atomic E-state index is 13.2.